The highest BCUT2D eigenvalue weighted by Crippen LogP contribution is 2.22. The van der Waals surface area contributed by atoms with E-state index in [1.165, 1.54) is 0 Å². The van der Waals surface area contributed by atoms with Gasteiger partial charge in [0.05, 0.1) is 6.20 Å². The summed E-state index contributed by atoms with van der Waals surface area (Å²) in [6, 6.07) is 6.83. The normalized spacial score (nSPS) is 10.9. The van der Waals surface area contributed by atoms with Crippen LogP contribution in [-0.4, -0.2) is 15.7 Å². The van der Waals surface area contributed by atoms with E-state index >= 15 is 0 Å². The summed E-state index contributed by atoms with van der Waals surface area (Å²) < 4.78 is 12.4. The summed E-state index contributed by atoms with van der Waals surface area (Å²) in [7, 11) is 0. The van der Waals surface area contributed by atoms with Gasteiger partial charge in [0.2, 0.25) is 5.76 Å². The SMILES string of the molecule is CCn1cc(COC(=O)c2cc3cc(N)ccc3o2)cn1. The number of aromatic nitrogens is 2. The van der Waals surface area contributed by atoms with Crippen LogP contribution in [0, 0.1) is 0 Å². The molecule has 21 heavy (non-hydrogen) atoms. The van der Waals surface area contributed by atoms with Gasteiger partial charge in [0.1, 0.15) is 12.2 Å². The Kier molecular flexibility index (Phi) is 3.35. The lowest BCUT2D eigenvalue weighted by Gasteiger charge is -1.99. The van der Waals surface area contributed by atoms with Gasteiger partial charge in [0.15, 0.2) is 0 Å². The third kappa shape index (κ3) is 2.74. The first kappa shape index (κ1) is 13.2. The van der Waals surface area contributed by atoms with Gasteiger partial charge in [-0.3, -0.25) is 4.68 Å². The van der Waals surface area contributed by atoms with Crippen molar-refractivity contribution in [3.05, 3.63) is 48.0 Å². The fourth-order valence-corrected chi connectivity index (χ4v) is 2.04. The molecule has 0 spiro atoms. The molecule has 0 atom stereocenters. The summed E-state index contributed by atoms with van der Waals surface area (Å²) in [4.78, 5) is 12.0. The molecule has 0 saturated carbocycles. The lowest BCUT2D eigenvalue weighted by molar-refractivity contribution is 0.0438. The number of furan rings is 1. The van der Waals surface area contributed by atoms with Crippen LogP contribution in [0.25, 0.3) is 11.0 Å². The first-order valence-electron chi connectivity index (χ1n) is 6.63. The van der Waals surface area contributed by atoms with Crippen LogP contribution in [0.15, 0.2) is 41.1 Å². The number of benzene rings is 1. The topological polar surface area (TPSA) is 83.3 Å². The van der Waals surface area contributed by atoms with Crippen molar-refractivity contribution >= 4 is 22.6 Å². The highest BCUT2D eigenvalue weighted by molar-refractivity contribution is 5.93. The van der Waals surface area contributed by atoms with E-state index in [0.717, 1.165) is 17.5 Å². The molecule has 0 unspecified atom stereocenters. The van der Waals surface area contributed by atoms with Crippen LogP contribution in [-0.2, 0) is 17.9 Å². The molecule has 0 bridgehead atoms. The maximum atomic E-state index is 12.0. The third-order valence-corrected chi connectivity index (χ3v) is 3.12. The van der Waals surface area contributed by atoms with Gasteiger partial charge in [-0.25, -0.2) is 4.79 Å². The van der Waals surface area contributed by atoms with Crippen LogP contribution in [0.4, 0.5) is 5.69 Å². The monoisotopic (exact) mass is 285 g/mol. The van der Waals surface area contributed by atoms with E-state index in [1.54, 1.807) is 35.1 Å². The van der Waals surface area contributed by atoms with E-state index in [2.05, 4.69) is 5.10 Å². The summed E-state index contributed by atoms with van der Waals surface area (Å²) in [6.45, 7) is 2.93. The number of hydrogen-bond acceptors (Lipinski definition) is 5. The van der Waals surface area contributed by atoms with Gasteiger partial charge in [-0.05, 0) is 31.2 Å². The molecule has 6 heteroatoms. The Labute approximate surface area is 121 Å². The Bertz CT molecular complexity index is 788. The zero-order valence-electron chi connectivity index (χ0n) is 11.6. The fourth-order valence-electron chi connectivity index (χ4n) is 2.04. The minimum atomic E-state index is -0.506. The van der Waals surface area contributed by atoms with Crippen LogP contribution >= 0.6 is 0 Å². The van der Waals surface area contributed by atoms with Crippen molar-refractivity contribution in [3.8, 4) is 0 Å². The number of nitrogen functional groups attached to an aromatic ring is 1. The molecule has 2 aromatic heterocycles. The summed E-state index contributed by atoms with van der Waals surface area (Å²) in [5.41, 5.74) is 7.76. The van der Waals surface area contributed by atoms with Crippen LogP contribution in [0.5, 0.6) is 0 Å². The van der Waals surface area contributed by atoms with Crippen LogP contribution in [0.2, 0.25) is 0 Å². The predicted molar refractivity (Wildman–Crippen MR) is 77.6 cm³/mol. The van der Waals surface area contributed by atoms with Crippen molar-refractivity contribution in [2.24, 2.45) is 0 Å². The minimum absolute atomic E-state index is 0.165. The second kappa shape index (κ2) is 5.32. The largest absolute Gasteiger partial charge is 0.455 e. The van der Waals surface area contributed by atoms with Crippen LogP contribution < -0.4 is 5.73 Å². The lowest BCUT2D eigenvalue weighted by Crippen LogP contribution is -2.03. The maximum absolute atomic E-state index is 12.0. The van der Waals surface area contributed by atoms with Crippen molar-refractivity contribution in [1.82, 2.24) is 9.78 Å². The Morgan fingerprint density at radius 2 is 2.29 bits per heavy atom. The van der Waals surface area contributed by atoms with Gasteiger partial charge < -0.3 is 14.9 Å². The fraction of sp³-hybridized carbons (Fsp3) is 0.200. The minimum Gasteiger partial charge on any atom is -0.455 e. The molecule has 0 aliphatic rings. The van der Waals surface area contributed by atoms with Gasteiger partial charge in [-0.2, -0.15) is 5.10 Å². The van der Waals surface area contributed by atoms with Crippen molar-refractivity contribution in [2.75, 3.05) is 5.73 Å². The van der Waals surface area contributed by atoms with E-state index in [4.69, 9.17) is 14.9 Å². The van der Waals surface area contributed by atoms with E-state index in [0.29, 0.717) is 11.3 Å². The molecule has 2 N–H and O–H groups in total. The molecular formula is C15H15N3O3. The van der Waals surface area contributed by atoms with Crippen LogP contribution in [0.3, 0.4) is 0 Å². The average molecular weight is 285 g/mol. The summed E-state index contributed by atoms with van der Waals surface area (Å²) in [5.74, 6) is -0.340. The number of rotatable bonds is 4. The van der Waals surface area contributed by atoms with E-state index in [1.807, 2.05) is 13.1 Å². The number of aryl methyl sites for hydroxylation is 1. The number of esters is 1. The first-order valence-corrected chi connectivity index (χ1v) is 6.63. The quantitative estimate of drug-likeness (QED) is 0.588. The smallest absolute Gasteiger partial charge is 0.374 e. The third-order valence-electron chi connectivity index (χ3n) is 3.12. The van der Waals surface area contributed by atoms with Gasteiger partial charge in [0, 0.05) is 29.4 Å². The standard InChI is InChI=1S/C15H15N3O3/c1-2-18-8-10(7-17-18)9-20-15(19)14-6-11-5-12(16)3-4-13(11)21-14/h3-8H,2,9,16H2,1H3. The second-order valence-electron chi connectivity index (χ2n) is 4.69. The lowest BCUT2D eigenvalue weighted by atomic mass is 10.2. The van der Waals surface area contributed by atoms with E-state index in [9.17, 15) is 4.79 Å². The molecule has 1 aromatic carbocycles. The van der Waals surface area contributed by atoms with Crippen molar-refractivity contribution in [1.29, 1.82) is 0 Å². The van der Waals surface area contributed by atoms with Crippen LogP contribution in [0.1, 0.15) is 23.0 Å². The molecular weight excluding hydrogens is 270 g/mol. The summed E-state index contributed by atoms with van der Waals surface area (Å²) in [6.07, 6.45) is 3.52. The van der Waals surface area contributed by atoms with Crippen molar-refractivity contribution in [2.45, 2.75) is 20.1 Å². The van der Waals surface area contributed by atoms with Gasteiger partial charge in [0.25, 0.3) is 0 Å². The zero-order chi connectivity index (χ0) is 14.8. The van der Waals surface area contributed by atoms with Gasteiger partial charge in [-0.15, -0.1) is 0 Å². The Hall–Kier alpha value is -2.76. The number of nitrogens with two attached hydrogens (primary N) is 1. The van der Waals surface area contributed by atoms with E-state index < -0.39 is 5.97 Å². The molecule has 0 aliphatic heterocycles. The molecule has 0 saturated heterocycles. The molecule has 0 amide bonds. The number of hydrogen-bond donors (Lipinski definition) is 1. The number of carbonyl (C=O) groups excluding carboxylic acids is 1. The molecule has 6 nitrogen and oxygen atoms in total. The molecule has 0 aliphatic carbocycles. The van der Waals surface area contributed by atoms with Gasteiger partial charge >= 0.3 is 5.97 Å². The maximum Gasteiger partial charge on any atom is 0.374 e. The first-order chi connectivity index (χ1) is 10.2. The molecule has 108 valence electrons. The number of carbonyl (C=O) groups is 1. The highest BCUT2D eigenvalue weighted by Gasteiger charge is 2.14. The Balaban J connectivity index is 1.71. The summed E-state index contributed by atoms with van der Waals surface area (Å²) >= 11 is 0. The van der Waals surface area contributed by atoms with Crippen molar-refractivity contribution in [3.63, 3.8) is 0 Å². The van der Waals surface area contributed by atoms with E-state index in [-0.39, 0.29) is 12.4 Å². The second-order valence-corrected chi connectivity index (χ2v) is 4.69. The van der Waals surface area contributed by atoms with Gasteiger partial charge in [-0.1, -0.05) is 0 Å². The molecule has 3 rings (SSSR count). The molecule has 0 fully saturated rings. The summed E-state index contributed by atoms with van der Waals surface area (Å²) in [5, 5.41) is 4.90. The average Bonchev–Trinajstić information content (AvgIpc) is 3.10. The predicted octanol–water partition coefficient (Wildman–Crippen LogP) is 2.59. The molecule has 3 aromatic rings. The number of fused-ring (bicyclic) bond motifs is 1. The Morgan fingerprint density at radius 1 is 1.43 bits per heavy atom. The molecule has 2 heterocycles. The highest BCUT2D eigenvalue weighted by atomic mass is 16.5. The van der Waals surface area contributed by atoms with Crippen molar-refractivity contribution < 1.29 is 13.9 Å². The number of anilines is 1. The number of ether oxygens (including phenoxy) is 1. The number of nitrogens with zero attached hydrogens (tertiary/aromatic N) is 2. The Morgan fingerprint density at radius 3 is 3.05 bits per heavy atom. The molecule has 0 radical (unpaired) electrons. The zero-order valence-corrected chi connectivity index (χ0v) is 11.6.